The zero-order valence-electron chi connectivity index (χ0n) is 13.2. The number of likely N-dealkylation sites (N-methyl/N-ethyl adjacent to an activating group) is 1. The lowest BCUT2D eigenvalue weighted by Crippen LogP contribution is -2.45. The predicted octanol–water partition coefficient (Wildman–Crippen LogP) is 1.37. The maximum atomic E-state index is 12.6. The number of fused-ring (bicyclic) bond motifs is 1. The monoisotopic (exact) mass is 306 g/mol. The van der Waals surface area contributed by atoms with Crippen LogP contribution in [0.25, 0.3) is 0 Å². The molecule has 0 radical (unpaired) electrons. The van der Waals surface area contributed by atoms with E-state index in [1.165, 1.54) is 4.90 Å². The number of benzene rings is 1. The highest BCUT2D eigenvalue weighted by Crippen LogP contribution is 2.32. The minimum absolute atomic E-state index is 0.184. The summed E-state index contributed by atoms with van der Waals surface area (Å²) in [5, 5.41) is 9.61. The number of hydrogen-bond donors (Lipinski definition) is 1. The number of hydrogen-bond acceptors (Lipinski definition) is 4. The average molecular weight is 306 g/mol. The normalized spacial score (nSPS) is 17.9. The Morgan fingerprint density at radius 1 is 1.41 bits per heavy atom. The van der Waals surface area contributed by atoms with Crippen LogP contribution >= 0.6 is 0 Å². The summed E-state index contributed by atoms with van der Waals surface area (Å²) in [6.45, 7) is 4.71. The van der Waals surface area contributed by atoms with Gasteiger partial charge in [-0.15, -0.1) is 0 Å². The number of carbonyl (C=O) groups is 2. The van der Waals surface area contributed by atoms with Gasteiger partial charge in [0.05, 0.1) is 13.1 Å². The van der Waals surface area contributed by atoms with Crippen molar-refractivity contribution in [2.45, 2.75) is 25.9 Å². The Hall–Kier alpha value is -2.08. The minimum atomic E-state index is -1.04. The van der Waals surface area contributed by atoms with Gasteiger partial charge in [-0.25, -0.2) is 4.79 Å². The van der Waals surface area contributed by atoms with E-state index in [4.69, 9.17) is 4.74 Å². The van der Waals surface area contributed by atoms with Crippen molar-refractivity contribution in [3.05, 3.63) is 29.8 Å². The lowest BCUT2D eigenvalue weighted by atomic mass is 10.0. The number of carboxylic acids is 1. The van der Waals surface area contributed by atoms with E-state index in [0.717, 1.165) is 0 Å². The molecule has 6 nitrogen and oxygen atoms in total. The fourth-order valence-electron chi connectivity index (χ4n) is 2.41. The zero-order chi connectivity index (χ0) is 16.3. The predicted molar refractivity (Wildman–Crippen MR) is 81.8 cm³/mol. The van der Waals surface area contributed by atoms with Crippen molar-refractivity contribution in [3.63, 3.8) is 0 Å². The van der Waals surface area contributed by atoms with Gasteiger partial charge in [0, 0.05) is 11.6 Å². The Balaban J connectivity index is 2.30. The van der Waals surface area contributed by atoms with Crippen LogP contribution in [0, 0.1) is 0 Å². The van der Waals surface area contributed by atoms with Crippen molar-refractivity contribution < 1.29 is 19.4 Å². The van der Waals surface area contributed by atoms with E-state index in [9.17, 15) is 14.7 Å². The summed E-state index contributed by atoms with van der Waals surface area (Å²) in [6, 6.07) is 6.19. The van der Waals surface area contributed by atoms with Gasteiger partial charge in [0.1, 0.15) is 12.4 Å². The molecule has 0 saturated heterocycles. The Labute approximate surface area is 130 Å². The summed E-state index contributed by atoms with van der Waals surface area (Å²) in [4.78, 5) is 27.6. The Morgan fingerprint density at radius 2 is 2.09 bits per heavy atom. The number of carboxylic acid groups (broad SMARTS) is 1. The van der Waals surface area contributed by atoms with Crippen LogP contribution in [0.5, 0.6) is 5.75 Å². The number of para-hydroxylation sites is 1. The lowest BCUT2D eigenvalue weighted by molar-refractivity contribution is -0.151. The fraction of sp³-hybridized carbons (Fsp3) is 0.500. The lowest BCUT2D eigenvalue weighted by Gasteiger charge is -2.29. The van der Waals surface area contributed by atoms with Gasteiger partial charge in [-0.05, 0) is 27.0 Å². The molecule has 1 amide bonds. The van der Waals surface area contributed by atoms with Crippen molar-refractivity contribution in [2.75, 3.05) is 26.7 Å². The first-order chi connectivity index (χ1) is 10.4. The summed E-state index contributed by atoms with van der Waals surface area (Å²) in [5.74, 6) is -0.718. The molecule has 1 aromatic carbocycles. The molecule has 1 N–H and O–H groups in total. The number of carbonyl (C=O) groups excluding carboxylic acids is 1. The van der Waals surface area contributed by atoms with Crippen molar-refractivity contribution >= 4 is 11.9 Å². The van der Waals surface area contributed by atoms with Gasteiger partial charge >= 0.3 is 5.97 Å². The molecule has 1 aliphatic rings. The molecule has 1 aromatic rings. The van der Waals surface area contributed by atoms with E-state index in [2.05, 4.69) is 0 Å². The van der Waals surface area contributed by atoms with Gasteiger partial charge in [0.2, 0.25) is 5.91 Å². The summed E-state index contributed by atoms with van der Waals surface area (Å²) in [5.41, 5.74) is 0.521. The molecule has 1 aliphatic heterocycles. The number of ether oxygens (including phenoxy) is 1. The van der Waals surface area contributed by atoms with Crippen molar-refractivity contribution in [1.82, 2.24) is 9.80 Å². The standard InChI is InChI=1S/C16H22N2O4/c1-11(2)17(3)10-14(19)18-8-9-22-13-7-5-4-6-12(13)15(18)16(20)21/h4-7,11,15H,8-10H2,1-3H3,(H,20,21). The van der Waals surface area contributed by atoms with E-state index >= 15 is 0 Å². The van der Waals surface area contributed by atoms with Crippen LogP contribution in [0.2, 0.25) is 0 Å². The van der Waals surface area contributed by atoms with Gasteiger partial charge < -0.3 is 14.7 Å². The topological polar surface area (TPSA) is 70.1 Å². The first-order valence-electron chi connectivity index (χ1n) is 7.36. The van der Waals surface area contributed by atoms with Crippen molar-refractivity contribution in [1.29, 1.82) is 0 Å². The quantitative estimate of drug-likeness (QED) is 0.910. The molecule has 1 unspecified atom stereocenters. The van der Waals surface area contributed by atoms with Crippen LogP contribution in [0.4, 0.5) is 0 Å². The Morgan fingerprint density at radius 3 is 2.73 bits per heavy atom. The van der Waals surface area contributed by atoms with Crippen LogP contribution in [0.1, 0.15) is 25.5 Å². The summed E-state index contributed by atoms with van der Waals surface area (Å²) >= 11 is 0. The molecule has 0 bridgehead atoms. The second-order valence-corrected chi connectivity index (χ2v) is 5.72. The fourth-order valence-corrected chi connectivity index (χ4v) is 2.41. The molecule has 22 heavy (non-hydrogen) atoms. The molecule has 0 spiro atoms. The van der Waals surface area contributed by atoms with E-state index in [0.29, 0.717) is 11.3 Å². The van der Waals surface area contributed by atoms with Crippen molar-refractivity contribution in [2.24, 2.45) is 0 Å². The van der Waals surface area contributed by atoms with Gasteiger partial charge in [0.15, 0.2) is 6.04 Å². The Kier molecular flexibility index (Phi) is 5.03. The van der Waals surface area contributed by atoms with Crippen LogP contribution in [0.3, 0.4) is 0 Å². The first-order valence-corrected chi connectivity index (χ1v) is 7.36. The van der Waals surface area contributed by atoms with Crippen molar-refractivity contribution in [3.8, 4) is 5.75 Å². The molecule has 2 rings (SSSR count). The molecule has 0 aliphatic carbocycles. The molecule has 6 heteroatoms. The zero-order valence-corrected chi connectivity index (χ0v) is 13.2. The van der Waals surface area contributed by atoms with Crippen LogP contribution in [-0.2, 0) is 9.59 Å². The summed E-state index contributed by atoms with van der Waals surface area (Å²) in [6.07, 6.45) is 0. The van der Waals surface area contributed by atoms with Gasteiger partial charge in [-0.3, -0.25) is 9.69 Å². The molecule has 1 heterocycles. The van der Waals surface area contributed by atoms with E-state index in [1.54, 1.807) is 24.3 Å². The molecule has 1 atom stereocenters. The van der Waals surface area contributed by atoms with E-state index in [-0.39, 0.29) is 31.6 Å². The molecule has 0 aromatic heterocycles. The SMILES string of the molecule is CC(C)N(C)CC(=O)N1CCOc2ccccc2C1C(=O)O. The molecular weight excluding hydrogens is 284 g/mol. The first kappa shape index (κ1) is 16.3. The second kappa shape index (κ2) is 6.79. The molecule has 0 fully saturated rings. The molecular formula is C16H22N2O4. The third-order valence-corrected chi connectivity index (χ3v) is 3.94. The maximum Gasteiger partial charge on any atom is 0.331 e. The van der Waals surface area contributed by atoms with Crippen LogP contribution in [0.15, 0.2) is 24.3 Å². The number of rotatable bonds is 4. The Bertz CT molecular complexity index is 559. The van der Waals surface area contributed by atoms with Gasteiger partial charge in [-0.1, -0.05) is 18.2 Å². The number of nitrogens with zero attached hydrogens (tertiary/aromatic N) is 2. The largest absolute Gasteiger partial charge is 0.491 e. The second-order valence-electron chi connectivity index (χ2n) is 5.72. The molecule has 120 valence electrons. The highest BCUT2D eigenvalue weighted by Gasteiger charge is 2.35. The third kappa shape index (κ3) is 3.39. The van der Waals surface area contributed by atoms with E-state index < -0.39 is 12.0 Å². The van der Waals surface area contributed by atoms with Gasteiger partial charge in [0.25, 0.3) is 0 Å². The van der Waals surface area contributed by atoms with E-state index in [1.807, 2.05) is 25.8 Å². The highest BCUT2D eigenvalue weighted by molar-refractivity contribution is 5.86. The third-order valence-electron chi connectivity index (χ3n) is 3.94. The smallest absolute Gasteiger partial charge is 0.331 e. The number of amides is 1. The van der Waals surface area contributed by atoms with Crippen LogP contribution in [-0.4, -0.2) is 59.6 Å². The summed E-state index contributed by atoms with van der Waals surface area (Å²) in [7, 11) is 1.85. The molecule has 0 saturated carbocycles. The van der Waals surface area contributed by atoms with Gasteiger partial charge in [-0.2, -0.15) is 0 Å². The minimum Gasteiger partial charge on any atom is -0.491 e. The maximum absolute atomic E-state index is 12.6. The summed E-state index contributed by atoms with van der Waals surface area (Å²) < 4.78 is 5.59. The number of aliphatic carboxylic acids is 1. The van der Waals surface area contributed by atoms with Crippen LogP contribution < -0.4 is 4.74 Å². The highest BCUT2D eigenvalue weighted by atomic mass is 16.5. The average Bonchev–Trinajstić information content (AvgIpc) is 2.66.